The highest BCUT2D eigenvalue weighted by Crippen LogP contribution is 2.22. The normalized spacial score (nSPS) is 23.5. The van der Waals surface area contributed by atoms with Crippen LogP contribution in [-0.4, -0.2) is 46.9 Å². The van der Waals surface area contributed by atoms with Crippen LogP contribution in [0.2, 0.25) is 0 Å². The molecule has 0 aromatic carbocycles. The van der Waals surface area contributed by atoms with Crippen molar-refractivity contribution in [1.82, 2.24) is 10.2 Å². The first-order chi connectivity index (χ1) is 10.3. The SMILES string of the molecule is CC(C)(C)OC(=O)N1CCC[C@H]1C(=O)NC1CCC(=O)CC1. The topological polar surface area (TPSA) is 75.7 Å². The molecule has 1 aliphatic carbocycles. The highest BCUT2D eigenvalue weighted by atomic mass is 16.6. The number of hydrogen-bond donors (Lipinski definition) is 1. The molecule has 2 rings (SSSR count). The Morgan fingerprint density at radius 2 is 1.82 bits per heavy atom. The van der Waals surface area contributed by atoms with Crippen LogP contribution in [0.15, 0.2) is 0 Å². The lowest BCUT2D eigenvalue weighted by atomic mass is 9.94. The summed E-state index contributed by atoms with van der Waals surface area (Å²) in [4.78, 5) is 37.4. The number of Topliss-reactive ketones (excluding diaryl/α,β-unsaturated/α-hetero) is 1. The summed E-state index contributed by atoms with van der Waals surface area (Å²) in [5.74, 6) is 0.143. The molecule has 0 unspecified atom stereocenters. The molecule has 6 heteroatoms. The fourth-order valence-electron chi connectivity index (χ4n) is 2.96. The van der Waals surface area contributed by atoms with Crippen molar-refractivity contribution in [3.8, 4) is 0 Å². The fraction of sp³-hybridized carbons (Fsp3) is 0.812. The molecule has 1 aliphatic heterocycles. The van der Waals surface area contributed by atoms with Gasteiger partial charge in [-0.3, -0.25) is 14.5 Å². The number of carbonyl (C=O) groups is 3. The van der Waals surface area contributed by atoms with Crippen molar-refractivity contribution < 1.29 is 19.1 Å². The first-order valence-electron chi connectivity index (χ1n) is 8.08. The van der Waals surface area contributed by atoms with Gasteiger partial charge in [-0.25, -0.2) is 4.79 Å². The molecule has 1 N–H and O–H groups in total. The van der Waals surface area contributed by atoms with E-state index in [1.165, 1.54) is 4.90 Å². The minimum absolute atomic E-state index is 0.0475. The number of likely N-dealkylation sites (tertiary alicyclic amines) is 1. The molecule has 0 radical (unpaired) electrons. The van der Waals surface area contributed by atoms with E-state index in [0.717, 1.165) is 6.42 Å². The lowest BCUT2D eigenvalue weighted by Gasteiger charge is -2.29. The zero-order valence-corrected chi connectivity index (χ0v) is 13.7. The molecule has 6 nitrogen and oxygen atoms in total. The van der Waals surface area contributed by atoms with Crippen molar-refractivity contribution in [1.29, 1.82) is 0 Å². The van der Waals surface area contributed by atoms with Gasteiger partial charge in [0.1, 0.15) is 17.4 Å². The molecule has 1 heterocycles. The molecular weight excluding hydrogens is 284 g/mol. The van der Waals surface area contributed by atoms with E-state index >= 15 is 0 Å². The third-order valence-electron chi connectivity index (χ3n) is 4.07. The lowest BCUT2D eigenvalue weighted by molar-refractivity contribution is -0.127. The number of amides is 2. The second-order valence-corrected chi connectivity index (χ2v) is 7.15. The van der Waals surface area contributed by atoms with Crippen molar-refractivity contribution in [2.24, 2.45) is 0 Å². The highest BCUT2D eigenvalue weighted by molar-refractivity contribution is 5.87. The summed E-state index contributed by atoms with van der Waals surface area (Å²) < 4.78 is 5.37. The molecule has 1 saturated heterocycles. The lowest BCUT2D eigenvalue weighted by Crippen LogP contribution is -2.50. The number of ether oxygens (including phenoxy) is 1. The summed E-state index contributed by atoms with van der Waals surface area (Å²) in [6.45, 7) is 6.00. The molecule has 1 saturated carbocycles. The van der Waals surface area contributed by atoms with E-state index in [0.29, 0.717) is 38.6 Å². The van der Waals surface area contributed by atoms with E-state index in [9.17, 15) is 14.4 Å². The average Bonchev–Trinajstić information content (AvgIpc) is 2.89. The van der Waals surface area contributed by atoms with Crippen molar-refractivity contribution in [3.05, 3.63) is 0 Å². The molecule has 2 fully saturated rings. The van der Waals surface area contributed by atoms with E-state index in [2.05, 4.69) is 5.32 Å². The van der Waals surface area contributed by atoms with Crippen molar-refractivity contribution in [3.63, 3.8) is 0 Å². The van der Waals surface area contributed by atoms with Crippen LogP contribution < -0.4 is 5.32 Å². The summed E-state index contributed by atoms with van der Waals surface area (Å²) >= 11 is 0. The number of carbonyl (C=O) groups excluding carboxylic acids is 3. The van der Waals surface area contributed by atoms with Crippen molar-refractivity contribution >= 4 is 17.8 Å². The summed E-state index contributed by atoms with van der Waals surface area (Å²) in [6.07, 6.45) is 3.51. The highest BCUT2D eigenvalue weighted by Gasteiger charge is 2.37. The molecule has 2 aliphatic rings. The van der Waals surface area contributed by atoms with Crippen LogP contribution >= 0.6 is 0 Å². The van der Waals surface area contributed by atoms with Gasteiger partial charge in [0.05, 0.1) is 0 Å². The first kappa shape index (κ1) is 16.8. The maximum Gasteiger partial charge on any atom is 0.410 e. The zero-order valence-electron chi connectivity index (χ0n) is 13.7. The Balaban J connectivity index is 1.90. The Morgan fingerprint density at radius 1 is 1.18 bits per heavy atom. The van der Waals surface area contributed by atoms with E-state index in [1.54, 1.807) is 0 Å². The van der Waals surface area contributed by atoms with Gasteiger partial charge in [0.2, 0.25) is 5.91 Å². The molecule has 0 aromatic rings. The predicted octanol–water partition coefficient (Wildman–Crippen LogP) is 2.01. The predicted molar refractivity (Wildman–Crippen MR) is 81.4 cm³/mol. The summed E-state index contributed by atoms with van der Waals surface area (Å²) in [5, 5.41) is 2.99. The minimum atomic E-state index is -0.565. The van der Waals surface area contributed by atoms with E-state index in [4.69, 9.17) is 4.74 Å². The quantitative estimate of drug-likeness (QED) is 0.846. The molecule has 1 atom stereocenters. The second kappa shape index (κ2) is 6.67. The van der Waals surface area contributed by atoms with Gasteiger partial charge in [-0.1, -0.05) is 0 Å². The smallest absolute Gasteiger partial charge is 0.410 e. The molecular formula is C16H26N2O4. The van der Waals surface area contributed by atoms with Crippen LogP contribution in [0.4, 0.5) is 4.79 Å². The van der Waals surface area contributed by atoms with Crippen LogP contribution in [0.25, 0.3) is 0 Å². The molecule has 0 bridgehead atoms. The Bertz CT molecular complexity index is 446. The molecule has 0 aromatic heterocycles. The van der Waals surface area contributed by atoms with Gasteiger partial charge in [-0.05, 0) is 46.5 Å². The van der Waals surface area contributed by atoms with Gasteiger partial charge in [0, 0.05) is 25.4 Å². The van der Waals surface area contributed by atoms with Crippen LogP contribution in [0, 0.1) is 0 Å². The van der Waals surface area contributed by atoms with E-state index in [-0.39, 0.29) is 17.7 Å². The molecule has 124 valence electrons. The Labute approximate surface area is 131 Å². The standard InChI is InChI=1S/C16H26N2O4/c1-16(2,3)22-15(21)18-10-4-5-13(18)14(20)17-11-6-8-12(19)9-7-11/h11,13H,4-10H2,1-3H3,(H,17,20)/t13-/m0/s1. The maximum absolute atomic E-state index is 12.4. The van der Waals surface area contributed by atoms with Gasteiger partial charge in [0.25, 0.3) is 0 Å². The Hall–Kier alpha value is -1.59. The van der Waals surface area contributed by atoms with Gasteiger partial charge >= 0.3 is 6.09 Å². The van der Waals surface area contributed by atoms with Crippen LogP contribution in [0.3, 0.4) is 0 Å². The van der Waals surface area contributed by atoms with Crippen molar-refractivity contribution in [2.45, 2.75) is 77.0 Å². The Morgan fingerprint density at radius 3 is 2.41 bits per heavy atom. The summed E-state index contributed by atoms with van der Waals surface area (Å²) in [7, 11) is 0. The maximum atomic E-state index is 12.4. The third kappa shape index (κ3) is 4.45. The molecule has 2 amide bonds. The minimum Gasteiger partial charge on any atom is -0.444 e. The monoisotopic (exact) mass is 310 g/mol. The van der Waals surface area contributed by atoms with Crippen LogP contribution in [-0.2, 0) is 14.3 Å². The fourth-order valence-corrected chi connectivity index (χ4v) is 2.96. The van der Waals surface area contributed by atoms with Crippen LogP contribution in [0.5, 0.6) is 0 Å². The Kier molecular flexibility index (Phi) is 5.08. The number of rotatable bonds is 2. The number of nitrogens with zero attached hydrogens (tertiary/aromatic N) is 1. The van der Waals surface area contributed by atoms with Crippen molar-refractivity contribution in [2.75, 3.05) is 6.54 Å². The van der Waals surface area contributed by atoms with Crippen LogP contribution in [0.1, 0.15) is 59.3 Å². The molecule has 0 spiro atoms. The van der Waals surface area contributed by atoms with E-state index < -0.39 is 17.7 Å². The van der Waals surface area contributed by atoms with Gasteiger partial charge in [0.15, 0.2) is 0 Å². The van der Waals surface area contributed by atoms with Gasteiger partial charge in [-0.2, -0.15) is 0 Å². The summed E-state index contributed by atoms with van der Waals surface area (Å²) in [6, 6.07) is -0.404. The summed E-state index contributed by atoms with van der Waals surface area (Å²) in [5.41, 5.74) is -0.565. The first-order valence-corrected chi connectivity index (χ1v) is 8.08. The number of hydrogen-bond acceptors (Lipinski definition) is 4. The largest absolute Gasteiger partial charge is 0.444 e. The average molecular weight is 310 g/mol. The van der Waals surface area contributed by atoms with E-state index in [1.807, 2.05) is 20.8 Å². The third-order valence-corrected chi connectivity index (χ3v) is 4.07. The number of ketones is 1. The van der Waals surface area contributed by atoms with Gasteiger partial charge < -0.3 is 10.1 Å². The molecule has 22 heavy (non-hydrogen) atoms. The zero-order chi connectivity index (χ0) is 16.3. The van der Waals surface area contributed by atoms with Gasteiger partial charge in [-0.15, -0.1) is 0 Å². The second-order valence-electron chi connectivity index (χ2n) is 7.15. The number of nitrogens with one attached hydrogen (secondary N) is 1.